The predicted octanol–water partition coefficient (Wildman–Crippen LogP) is 6.61. The van der Waals surface area contributed by atoms with Crippen LogP contribution in [-0.2, 0) is 11.4 Å². The van der Waals surface area contributed by atoms with Gasteiger partial charge in [-0.05, 0) is 83.1 Å². The van der Waals surface area contributed by atoms with Crippen LogP contribution >= 0.6 is 34.2 Å². The fraction of sp³-hybridized carbons (Fsp3) is 0.120. The van der Waals surface area contributed by atoms with Crippen molar-refractivity contribution in [3.05, 3.63) is 91.8 Å². The molecular weight excluding hydrogens is 558 g/mol. The molecule has 0 atom stereocenters. The normalized spacial score (nSPS) is 10.9. The first-order valence-corrected chi connectivity index (χ1v) is 11.4. The standard InChI is InChI=1S/C25H19ClFIN2O3/c1-2-32-23-13-17(11-18(14-29)25(31)30-22-6-4-3-5-21(22)27)12-20(26)24(23)33-15-16-7-9-19(28)10-8-16/h3-13H,2,15H2,1H3,(H,30,31)/b18-11-. The number of hydrogen-bond donors (Lipinski definition) is 1. The first kappa shape index (κ1) is 24.6. The maximum Gasteiger partial charge on any atom is 0.266 e. The highest BCUT2D eigenvalue weighted by Crippen LogP contribution is 2.38. The quantitative estimate of drug-likeness (QED) is 0.186. The molecule has 0 radical (unpaired) electrons. The lowest BCUT2D eigenvalue weighted by atomic mass is 10.1. The Labute approximate surface area is 209 Å². The van der Waals surface area contributed by atoms with Gasteiger partial charge in [-0.1, -0.05) is 35.9 Å². The maximum absolute atomic E-state index is 13.8. The molecule has 0 aromatic heterocycles. The minimum Gasteiger partial charge on any atom is -0.490 e. The Morgan fingerprint density at radius 1 is 1.18 bits per heavy atom. The van der Waals surface area contributed by atoms with Crippen LogP contribution in [0.4, 0.5) is 10.1 Å². The summed E-state index contributed by atoms with van der Waals surface area (Å²) in [5.41, 5.74) is 1.19. The van der Waals surface area contributed by atoms with Crippen LogP contribution < -0.4 is 14.8 Å². The van der Waals surface area contributed by atoms with E-state index in [-0.39, 0.29) is 16.3 Å². The van der Waals surface area contributed by atoms with Crippen LogP contribution in [0.15, 0.2) is 66.2 Å². The smallest absolute Gasteiger partial charge is 0.266 e. The number of nitriles is 1. The average molecular weight is 577 g/mol. The predicted molar refractivity (Wildman–Crippen MR) is 135 cm³/mol. The van der Waals surface area contributed by atoms with Gasteiger partial charge in [-0.15, -0.1) is 0 Å². The Morgan fingerprint density at radius 3 is 2.58 bits per heavy atom. The topological polar surface area (TPSA) is 71.3 Å². The molecule has 0 bridgehead atoms. The third-order valence-corrected chi connectivity index (χ3v) is 5.43. The van der Waals surface area contributed by atoms with Crippen LogP contribution in [0, 0.1) is 20.7 Å². The van der Waals surface area contributed by atoms with Gasteiger partial charge in [0.1, 0.15) is 24.1 Å². The van der Waals surface area contributed by atoms with Crippen LogP contribution in [0.1, 0.15) is 18.1 Å². The van der Waals surface area contributed by atoms with E-state index in [1.807, 2.05) is 37.3 Å². The molecule has 1 amide bonds. The zero-order valence-electron chi connectivity index (χ0n) is 17.6. The number of nitrogens with zero attached hydrogens (tertiary/aromatic N) is 1. The van der Waals surface area contributed by atoms with Crippen LogP contribution in [0.5, 0.6) is 11.5 Å². The molecule has 8 heteroatoms. The van der Waals surface area contributed by atoms with Gasteiger partial charge >= 0.3 is 0 Å². The Hall–Kier alpha value is -3.09. The van der Waals surface area contributed by atoms with E-state index in [0.29, 0.717) is 30.3 Å². The molecule has 33 heavy (non-hydrogen) atoms. The number of hydrogen-bond acceptors (Lipinski definition) is 4. The summed E-state index contributed by atoms with van der Waals surface area (Å²) in [6, 6.07) is 18.6. The molecule has 0 saturated carbocycles. The van der Waals surface area contributed by atoms with Gasteiger partial charge in [0.25, 0.3) is 5.91 Å². The Kier molecular flexibility index (Phi) is 8.69. The highest BCUT2D eigenvalue weighted by atomic mass is 127. The molecule has 1 N–H and O–H groups in total. The van der Waals surface area contributed by atoms with E-state index >= 15 is 0 Å². The van der Waals surface area contributed by atoms with Crippen molar-refractivity contribution >= 4 is 51.9 Å². The van der Waals surface area contributed by atoms with Crippen molar-refractivity contribution in [2.45, 2.75) is 13.5 Å². The summed E-state index contributed by atoms with van der Waals surface area (Å²) in [4.78, 5) is 12.5. The summed E-state index contributed by atoms with van der Waals surface area (Å²) < 4.78 is 26.5. The zero-order valence-corrected chi connectivity index (χ0v) is 20.5. The summed E-state index contributed by atoms with van der Waals surface area (Å²) in [5, 5.41) is 12.1. The van der Waals surface area contributed by atoms with Crippen molar-refractivity contribution in [2.75, 3.05) is 11.9 Å². The van der Waals surface area contributed by atoms with Crippen molar-refractivity contribution in [2.24, 2.45) is 0 Å². The third-order valence-electron chi connectivity index (χ3n) is 4.43. The van der Waals surface area contributed by atoms with E-state index < -0.39 is 11.7 Å². The van der Waals surface area contributed by atoms with Crippen LogP contribution in [0.3, 0.4) is 0 Å². The van der Waals surface area contributed by atoms with E-state index in [4.69, 9.17) is 21.1 Å². The van der Waals surface area contributed by atoms with Gasteiger partial charge in [0.05, 0.1) is 17.3 Å². The number of anilines is 1. The lowest BCUT2D eigenvalue weighted by molar-refractivity contribution is -0.112. The van der Waals surface area contributed by atoms with E-state index in [0.717, 1.165) is 9.13 Å². The Balaban J connectivity index is 1.85. The first-order valence-electron chi connectivity index (χ1n) is 9.92. The monoisotopic (exact) mass is 576 g/mol. The lowest BCUT2D eigenvalue weighted by Crippen LogP contribution is -2.14. The zero-order chi connectivity index (χ0) is 23.8. The molecule has 3 aromatic rings. The summed E-state index contributed by atoms with van der Waals surface area (Å²) in [6.07, 6.45) is 1.35. The van der Waals surface area contributed by atoms with Gasteiger partial charge in [-0.3, -0.25) is 4.79 Å². The van der Waals surface area contributed by atoms with E-state index in [9.17, 15) is 14.4 Å². The summed E-state index contributed by atoms with van der Waals surface area (Å²) in [6.45, 7) is 2.48. The molecule has 0 aliphatic rings. The molecule has 0 heterocycles. The highest BCUT2D eigenvalue weighted by Gasteiger charge is 2.16. The molecule has 3 aromatic carbocycles. The molecule has 0 aliphatic heterocycles. The van der Waals surface area contributed by atoms with E-state index in [1.54, 1.807) is 18.2 Å². The van der Waals surface area contributed by atoms with Crippen LogP contribution in [-0.4, -0.2) is 12.5 Å². The molecule has 168 valence electrons. The van der Waals surface area contributed by atoms with Gasteiger partial charge < -0.3 is 14.8 Å². The van der Waals surface area contributed by atoms with Crippen molar-refractivity contribution in [3.8, 4) is 17.6 Å². The van der Waals surface area contributed by atoms with Gasteiger partial charge in [0.15, 0.2) is 11.5 Å². The van der Waals surface area contributed by atoms with Gasteiger partial charge in [0.2, 0.25) is 0 Å². The number of carbonyl (C=O) groups is 1. The summed E-state index contributed by atoms with van der Waals surface area (Å²) in [5.74, 6) is -0.590. The largest absolute Gasteiger partial charge is 0.490 e. The van der Waals surface area contributed by atoms with E-state index in [2.05, 4.69) is 27.9 Å². The van der Waals surface area contributed by atoms with Crippen molar-refractivity contribution in [1.29, 1.82) is 5.26 Å². The van der Waals surface area contributed by atoms with E-state index in [1.165, 1.54) is 24.3 Å². The Morgan fingerprint density at radius 2 is 1.91 bits per heavy atom. The molecule has 0 unspecified atom stereocenters. The second kappa shape index (κ2) is 11.7. The van der Waals surface area contributed by atoms with Crippen molar-refractivity contribution in [1.82, 2.24) is 0 Å². The van der Waals surface area contributed by atoms with Crippen LogP contribution in [0.25, 0.3) is 6.08 Å². The number of carbonyl (C=O) groups excluding carboxylic acids is 1. The van der Waals surface area contributed by atoms with Crippen molar-refractivity contribution < 1.29 is 18.7 Å². The van der Waals surface area contributed by atoms with Gasteiger partial charge in [-0.25, -0.2) is 4.39 Å². The minimum atomic E-state index is -0.740. The molecule has 0 saturated heterocycles. The molecule has 0 fully saturated rings. The molecule has 3 rings (SSSR count). The second-order valence-electron chi connectivity index (χ2n) is 6.78. The van der Waals surface area contributed by atoms with Gasteiger partial charge in [-0.2, -0.15) is 5.26 Å². The number of ether oxygens (including phenoxy) is 2. The number of halogens is 3. The first-order chi connectivity index (χ1) is 15.9. The van der Waals surface area contributed by atoms with Gasteiger partial charge in [0, 0.05) is 3.57 Å². The van der Waals surface area contributed by atoms with Crippen LogP contribution in [0.2, 0.25) is 5.02 Å². The summed E-state index contributed by atoms with van der Waals surface area (Å²) >= 11 is 8.68. The summed E-state index contributed by atoms with van der Waals surface area (Å²) in [7, 11) is 0. The average Bonchev–Trinajstić information content (AvgIpc) is 2.79. The molecule has 0 aliphatic carbocycles. The fourth-order valence-corrected chi connectivity index (χ4v) is 3.51. The fourth-order valence-electron chi connectivity index (χ4n) is 2.88. The lowest BCUT2D eigenvalue weighted by Gasteiger charge is -2.15. The highest BCUT2D eigenvalue weighted by molar-refractivity contribution is 14.1. The third kappa shape index (κ3) is 6.70. The Bertz CT molecular complexity index is 1220. The van der Waals surface area contributed by atoms with Crippen molar-refractivity contribution in [3.63, 3.8) is 0 Å². The number of rotatable bonds is 8. The SMILES string of the molecule is CCOc1cc(/C=C(/C#N)C(=O)Nc2ccccc2F)cc(Cl)c1OCc1ccc(I)cc1. The molecular formula is C25H19ClFIN2O3. The minimum absolute atomic E-state index is 0.0176. The number of para-hydroxylation sites is 1. The maximum atomic E-state index is 13.8. The molecule has 0 spiro atoms. The number of amides is 1. The number of benzene rings is 3. The second-order valence-corrected chi connectivity index (χ2v) is 8.43. The number of nitrogens with one attached hydrogen (secondary N) is 1. The molecule has 5 nitrogen and oxygen atoms in total.